The molecule has 0 unspecified atom stereocenters. The maximum atomic E-state index is 13.7. The molecule has 0 spiro atoms. The molecule has 1 heterocycles. The number of hydrogen-bond donors (Lipinski definition) is 1. The van der Waals surface area contributed by atoms with Crippen molar-refractivity contribution in [3.8, 4) is 0 Å². The molecule has 0 radical (unpaired) electrons. The third-order valence-corrected chi connectivity index (χ3v) is 4.23. The largest absolute Gasteiger partial charge is 0.444 e. The molecule has 1 aliphatic rings. The summed E-state index contributed by atoms with van der Waals surface area (Å²) in [6.07, 6.45) is -2.03. The van der Waals surface area contributed by atoms with E-state index >= 15 is 0 Å². The molecule has 10 heteroatoms. The van der Waals surface area contributed by atoms with Crippen molar-refractivity contribution in [2.24, 2.45) is 5.41 Å². The van der Waals surface area contributed by atoms with Gasteiger partial charge < -0.3 is 14.8 Å². The number of nitrogens with zero attached hydrogens (tertiary/aromatic N) is 3. The Balaban J connectivity index is 0.00000218. The average Bonchev–Trinajstić information content (AvgIpc) is 2.90. The highest BCUT2D eigenvalue weighted by molar-refractivity contribution is 5.75. The van der Waals surface area contributed by atoms with Crippen molar-refractivity contribution in [2.45, 2.75) is 98.9 Å². The quantitative estimate of drug-likeness (QED) is 0.713. The fourth-order valence-corrected chi connectivity index (χ4v) is 2.91. The van der Waals surface area contributed by atoms with Gasteiger partial charge in [-0.05, 0) is 48.5 Å². The van der Waals surface area contributed by atoms with E-state index in [1.54, 1.807) is 48.5 Å². The first-order valence-electron chi connectivity index (χ1n) is 10.0. The van der Waals surface area contributed by atoms with Gasteiger partial charge >= 0.3 is 12.1 Å². The van der Waals surface area contributed by atoms with Crippen molar-refractivity contribution in [1.29, 1.82) is 0 Å². The second-order valence-corrected chi connectivity index (χ2v) is 9.25. The topological polar surface area (TPSA) is 95.3 Å². The van der Waals surface area contributed by atoms with Crippen molar-refractivity contribution < 1.29 is 27.8 Å². The molecular weight excluding hydrogens is 398 g/mol. The van der Waals surface area contributed by atoms with Crippen LogP contribution in [0.25, 0.3) is 0 Å². The van der Waals surface area contributed by atoms with Crippen LogP contribution in [0.5, 0.6) is 0 Å². The first-order valence-corrected chi connectivity index (χ1v) is 10.0. The normalized spacial score (nSPS) is 17.2. The smallest absolute Gasteiger partial charge is 0.408 e. The number of halogens is 2. The number of esters is 1. The highest BCUT2D eigenvalue weighted by Gasteiger charge is 2.60. The van der Waals surface area contributed by atoms with Gasteiger partial charge in [-0.15, -0.1) is 5.10 Å². The highest BCUT2D eigenvalue weighted by atomic mass is 19.3. The molecule has 1 aromatic heterocycles. The lowest BCUT2D eigenvalue weighted by Gasteiger charge is -2.46. The lowest BCUT2D eigenvalue weighted by molar-refractivity contribution is -0.157. The van der Waals surface area contributed by atoms with Gasteiger partial charge in [-0.25, -0.2) is 18.3 Å². The van der Waals surface area contributed by atoms with E-state index in [0.29, 0.717) is 5.69 Å². The number of ether oxygens (including phenoxy) is 2. The van der Waals surface area contributed by atoms with Crippen LogP contribution in [0.2, 0.25) is 0 Å². The van der Waals surface area contributed by atoms with Gasteiger partial charge in [-0.2, -0.15) is 0 Å². The van der Waals surface area contributed by atoms with Crippen LogP contribution in [0.3, 0.4) is 0 Å². The van der Waals surface area contributed by atoms with E-state index in [1.807, 2.05) is 13.8 Å². The summed E-state index contributed by atoms with van der Waals surface area (Å²) in [7, 11) is 0. The van der Waals surface area contributed by atoms with Crippen LogP contribution >= 0.6 is 0 Å². The Bertz CT molecular complexity index is 756. The Kier molecular flexibility index (Phi) is 7.60. The molecule has 172 valence electrons. The zero-order valence-corrected chi connectivity index (χ0v) is 19.4. The SMILES string of the molecule is CC.Cc1c(C2(NC(=O)OC(C)(C)C)CC(F)(F)C2)nnn1COC(=O)C(C)(C)C. The first-order chi connectivity index (χ1) is 13.5. The molecule has 2 rings (SSSR count). The Morgan fingerprint density at radius 2 is 1.67 bits per heavy atom. The van der Waals surface area contributed by atoms with Crippen LogP contribution in [-0.2, 0) is 26.5 Å². The van der Waals surface area contributed by atoms with Crippen molar-refractivity contribution in [2.75, 3.05) is 0 Å². The maximum absolute atomic E-state index is 13.7. The number of carbonyl (C=O) groups excluding carboxylic acids is 2. The van der Waals surface area contributed by atoms with E-state index in [-0.39, 0.29) is 12.4 Å². The molecule has 1 N–H and O–H groups in total. The predicted molar refractivity (Wildman–Crippen MR) is 107 cm³/mol. The summed E-state index contributed by atoms with van der Waals surface area (Å²) in [5.74, 6) is -3.36. The summed E-state index contributed by atoms with van der Waals surface area (Å²) in [6.45, 7) is 15.6. The molecule has 0 atom stereocenters. The molecule has 0 saturated heterocycles. The maximum Gasteiger partial charge on any atom is 0.408 e. The van der Waals surface area contributed by atoms with Gasteiger partial charge in [0.25, 0.3) is 5.92 Å². The number of alkyl carbamates (subject to hydrolysis) is 1. The Hall–Kier alpha value is -2.26. The molecular formula is C20H34F2N4O4. The van der Waals surface area contributed by atoms with Gasteiger partial charge in [0, 0.05) is 12.8 Å². The fourth-order valence-electron chi connectivity index (χ4n) is 2.91. The average molecular weight is 433 g/mol. The summed E-state index contributed by atoms with van der Waals surface area (Å²) >= 11 is 0. The van der Waals surface area contributed by atoms with Crippen LogP contribution in [0.4, 0.5) is 13.6 Å². The molecule has 0 bridgehead atoms. The van der Waals surface area contributed by atoms with E-state index in [9.17, 15) is 18.4 Å². The minimum Gasteiger partial charge on any atom is -0.444 e. The second-order valence-electron chi connectivity index (χ2n) is 9.25. The van der Waals surface area contributed by atoms with Crippen molar-refractivity contribution in [3.63, 3.8) is 0 Å². The minimum absolute atomic E-state index is 0.201. The third-order valence-electron chi connectivity index (χ3n) is 4.23. The van der Waals surface area contributed by atoms with Gasteiger partial charge in [-0.3, -0.25) is 4.79 Å². The van der Waals surface area contributed by atoms with Crippen molar-refractivity contribution in [1.82, 2.24) is 20.3 Å². The van der Waals surface area contributed by atoms with Crippen LogP contribution in [0.15, 0.2) is 0 Å². The first kappa shape index (κ1) is 25.8. The molecule has 1 fully saturated rings. The number of alkyl halides is 2. The number of aromatic nitrogens is 3. The van der Waals surface area contributed by atoms with Crippen LogP contribution in [0, 0.1) is 12.3 Å². The Labute approximate surface area is 176 Å². The van der Waals surface area contributed by atoms with Gasteiger partial charge in [-0.1, -0.05) is 19.1 Å². The van der Waals surface area contributed by atoms with Gasteiger partial charge in [0.05, 0.1) is 11.1 Å². The molecule has 30 heavy (non-hydrogen) atoms. The number of amides is 1. The number of rotatable bonds is 4. The Morgan fingerprint density at radius 1 is 1.13 bits per heavy atom. The van der Waals surface area contributed by atoms with Gasteiger partial charge in [0.15, 0.2) is 6.73 Å². The summed E-state index contributed by atoms with van der Waals surface area (Å²) in [4.78, 5) is 24.1. The zero-order valence-electron chi connectivity index (χ0n) is 19.4. The fraction of sp³-hybridized carbons (Fsp3) is 0.800. The van der Waals surface area contributed by atoms with E-state index in [1.165, 1.54) is 4.68 Å². The zero-order chi connectivity index (χ0) is 23.5. The summed E-state index contributed by atoms with van der Waals surface area (Å²) in [6, 6.07) is 0. The lowest BCUT2D eigenvalue weighted by Crippen LogP contribution is -2.60. The van der Waals surface area contributed by atoms with E-state index < -0.39 is 47.4 Å². The van der Waals surface area contributed by atoms with Gasteiger partial charge in [0.1, 0.15) is 16.8 Å². The monoisotopic (exact) mass is 432 g/mol. The molecule has 0 aliphatic heterocycles. The third kappa shape index (κ3) is 6.37. The summed E-state index contributed by atoms with van der Waals surface area (Å²) in [5, 5.41) is 10.4. The number of carbonyl (C=O) groups is 2. The molecule has 1 aromatic rings. The molecule has 0 aromatic carbocycles. The van der Waals surface area contributed by atoms with Crippen molar-refractivity contribution >= 4 is 12.1 Å². The number of hydrogen-bond acceptors (Lipinski definition) is 6. The number of nitrogens with one attached hydrogen (secondary N) is 1. The molecule has 1 saturated carbocycles. The van der Waals surface area contributed by atoms with E-state index in [0.717, 1.165) is 0 Å². The van der Waals surface area contributed by atoms with E-state index in [4.69, 9.17) is 9.47 Å². The molecule has 1 aliphatic carbocycles. The van der Waals surface area contributed by atoms with Crippen LogP contribution in [0.1, 0.15) is 79.6 Å². The van der Waals surface area contributed by atoms with Crippen molar-refractivity contribution in [3.05, 3.63) is 11.4 Å². The predicted octanol–water partition coefficient (Wildman–Crippen LogP) is 4.31. The molecule has 8 nitrogen and oxygen atoms in total. The second kappa shape index (κ2) is 8.85. The van der Waals surface area contributed by atoms with Crippen LogP contribution in [-0.4, -0.2) is 38.6 Å². The summed E-state index contributed by atoms with van der Waals surface area (Å²) in [5.41, 5.74) is -2.22. The van der Waals surface area contributed by atoms with E-state index in [2.05, 4.69) is 15.6 Å². The highest BCUT2D eigenvalue weighted by Crippen LogP contribution is 2.51. The summed E-state index contributed by atoms with van der Waals surface area (Å²) < 4.78 is 39.1. The standard InChI is InChI=1S/C18H28F2N4O4.C2H6/c1-11-12(22-23-24(11)10-27-13(25)15(2,3)4)17(8-18(19,20)9-17)21-14(26)28-16(5,6)7;1-2/h8-10H2,1-7H3,(H,21,26);1-2H3. The minimum atomic E-state index is -2.93. The molecule has 1 amide bonds. The Morgan fingerprint density at radius 3 is 2.10 bits per heavy atom. The van der Waals surface area contributed by atoms with Crippen LogP contribution < -0.4 is 5.32 Å². The van der Waals surface area contributed by atoms with Gasteiger partial charge in [0.2, 0.25) is 0 Å². The lowest BCUT2D eigenvalue weighted by atomic mass is 9.70.